The Balaban J connectivity index is 2.07. The highest BCUT2D eigenvalue weighted by Gasteiger charge is 2.04. The molecule has 0 amide bonds. The van der Waals surface area contributed by atoms with Crippen LogP contribution in [0.2, 0.25) is 0 Å². The Morgan fingerprint density at radius 2 is 2.44 bits per heavy atom. The van der Waals surface area contributed by atoms with Gasteiger partial charge >= 0.3 is 0 Å². The molecule has 0 spiro atoms. The van der Waals surface area contributed by atoms with Gasteiger partial charge in [-0.15, -0.1) is 11.3 Å². The van der Waals surface area contributed by atoms with Crippen LogP contribution in [-0.2, 0) is 13.2 Å². The molecular weight excluding hydrogens is 230 g/mol. The summed E-state index contributed by atoms with van der Waals surface area (Å²) in [5.41, 5.74) is 1.38. The number of rotatable bonds is 4. The predicted octanol–water partition coefficient (Wildman–Crippen LogP) is 1.17. The van der Waals surface area contributed by atoms with Crippen molar-refractivity contribution in [2.45, 2.75) is 13.2 Å². The molecule has 0 bridgehead atoms. The topological polar surface area (TPSA) is 72.6 Å². The number of aliphatic hydroxyl groups is 1. The summed E-state index contributed by atoms with van der Waals surface area (Å²) in [7, 11) is 0. The van der Waals surface area contributed by atoms with E-state index in [0.717, 1.165) is 4.88 Å². The molecule has 0 aromatic carbocycles. The second kappa shape index (κ2) is 4.91. The van der Waals surface area contributed by atoms with E-state index in [0.29, 0.717) is 0 Å². The van der Waals surface area contributed by atoms with Crippen molar-refractivity contribution in [3.8, 4) is 5.75 Å². The molecule has 0 radical (unpaired) electrons. The molecule has 0 saturated heterocycles. The lowest BCUT2D eigenvalue weighted by molar-refractivity contribution is 0.236. The van der Waals surface area contributed by atoms with Gasteiger partial charge in [-0.05, 0) is 0 Å². The van der Waals surface area contributed by atoms with Gasteiger partial charge in [0.15, 0.2) is 0 Å². The van der Waals surface area contributed by atoms with E-state index in [1.807, 2.05) is 0 Å². The summed E-state index contributed by atoms with van der Waals surface area (Å²) in [6.45, 7) is -0.0156. The van der Waals surface area contributed by atoms with Gasteiger partial charge in [0, 0.05) is 12.3 Å². The average Bonchev–Trinajstić information content (AvgIpc) is 2.80. The van der Waals surface area contributed by atoms with Crippen LogP contribution < -0.4 is 10.2 Å². The molecule has 0 fully saturated rings. The third kappa shape index (κ3) is 2.47. The molecule has 2 aromatic heterocycles. The van der Waals surface area contributed by atoms with Crippen molar-refractivity contribution in [2.24, 2.45) is 0 Å². The Hall–Kier alpha value is -1.66. The van der Waals surface area contributed by atoms with E-state index in [1.165, 1.54) is 23.7 Å². The van der Waals surface area contributed by atoms with Gasteiger partial charge in [0.2, 0.25) is 11.2 Å². The average molecular weight is 239 g/mol. The van der Waals surface area contributed by atoms with Crippen LogP contribution in [0.5, 0.6) is 5.75 Å². The zero-order chi connectivity index (χ0) is 11.4. The Bertz CT molecular complexity index is 506. The van der Waals surface area contributed by atoms with Crippen LogP contribution in [0.1, 0.15) is 10.6 Å². The van der Waals surface area contributed by atoms with Crippen LogP contribution in [0.15, 0.2) is 33.2 Å². The van der Waals surface area contributed by atoms with Crippen molar-refractivity contribution in [1.82, 2.24) is 4.98 Å². The number of aliphatic hydroxyl groups excluding tert-OH is 1. The highest BCUT2D eigenvalue weighted by atomic mass is 32.1. The van der Waals surface area contributed by atoms with E-state index in [-0.39, 0.29) is 30.2 Å². The van der Waals surface area contributed by atoms with Crippen LogP contribution >= 0.6 is 11.3 Å². The standard InChI is InChI=1S/C10H9NO4S/c12-3-7-1-9(13)10(5-14-7)15-4-8-2-11-6-16-8/h1-2,5-6,12H,3-4H2. The Kier molecular flexibility index (Phi) is 3.33. The van der Waals surface area contributed by atoms with Gasteiger partial charge in [-0.25, -0.2) is 0 Å². The zero-order valence-corrected chi connectivity index (χ0v) is 9.07. The van der Waals surface area contributed by atoms with Crippen LogP contribution in [0.3, 0.4) is 0 Å². The summed E-state index contributed by atoms with van der Waals surface area (Å²) in [5.74, 6) is 0.348. The first-order chi connectivity index (χ1) is 7.79. The van der Waals surface area contributed by atoms with Crippen molar-refractivity contribution >= 4 is 11.3 Å². The fourth-order valence-electron chi connectivity index (χ4n) is 1.09. The van der Waals surface area contributed by atoms with Gasteiger partial charge in [-0.2, -0.15) is 0 Å². The van der Waals surface area contributed by atoms with Gasteiger partial charge in [0.05, 0.1) is 10.4 Å². The first kappa shape index (κ1) is 10.8. The minimum atomic E-state index is -0.306. The van der Waals surface area contributed by atoms with Gasteiger partial charge in [0.1, 0.15) is 25.2 Å². The van der Waals surface area contributed by atoms with Gasteiger partial charge in [-0.3, -0.25) is 9.78 Å². The maximum atomic E-state index is 11.5. The molecule has 16 heavy (non-hydrogen) atoms. The van der Waals surface area contributed by atoms with E-state index in [2.05, 4.69) is 4.98 Å². The summed E-state index contributed by atoms with van der Waals surface area (Å²) in [6, 6.07) is 1.21. The summed E-state index contributed by atoms with van der Waals surface area (Å²) >= 11 is 1.45. The molecule has 2 aromatic rings. The first-order valence-corrected chi connectivity index (χ1v) is 5.40. The highest BCUT2D eigenvalue weighted by Crippen LogP contribution is 2.11. The number of aromatic nitrogens is 1. The van der Waals surface area contributed by atoms with Crippen LogP contribution in [0.25, 0.3) is 0 Å². The van der Waals surface area contributed by atoms with Crippen molar-refractivity contribution in [2.75, 3.05) is 0 Å². The summed E-state index contributed by atoms with van der Waals surface area (Å²) in [6.07, 6.45) is 2.88. The third-order valence-corrected chi connectivity index (χ3v) is 2.61. The highest BCUT2D eigenvalue weighted by molar-refractivity contribution is 7.09. The molecule has 0 saturated carbocycles. The van der Waals surface area contributed by atoms with Crippen molar-refractivity contribution in [3.05, 3.63) is 44.9 Å². The van der Waals surface area contributed by atoms with E-state index in [9.17, 15) is 4.79 Å². The SMILES string of the molecule is O=c1cc(CO)occ1OCc1cncs1. The first-order valence-electron chi connectivity index (χ1n) is 4.52. The monoisotopic (exact) mass is 239 g/mol. The molecule has 1 N–H and O–H groups in total. The fourth-order valence-corrected chi connectivity index (χ4v) is 1.59. The lowest BCUT2D eigenvalue weighted by Gasteiger charge is -2.02. The van der Waals surface area contributed by atoms with E-state index < -0.39 is 0 Å². The Morgan fingerprint density at radius 3 is 3.06 bits per heavy atom. The number of nitrogens with zero attached hydrogens (tertiary/aromatic N) is 1. The van der Waals surface area contributed by atoms with Gasteiger partial charge < -0.3 is 14.3 Å². The van der Waals surface area contributed by atoms with Crippen molar-refractivity contribution in [3.63, 3.8) is 0 Å². The molecule has 5 nitrogen and oxygen atoms in total. The Morgan fingerprint density at radius 1 is 1.56 bits per heavy atom. The zero-order valence-electron chi connectivity index (χ0n) is 8.25. The normalized spacial score (nSPS) is 10.3. The number of hydrogen-bond donors (Lipinski definition) is 1. The summed E-state index contributed by atoms with van der Waals surface area (Å²) in [4.78, 5) is 16.3. The molecule has 84 valence electrons. The molecule has 2 rings (SSSR count). The second-order valence-corrected chi connectivity index (χ2v) is 3.96. The minimum Gasteiger partial charge on any atom is -0.481 e. The molecule has 0 unspecified atom stereocenters. The van der Waals surface area contributed by atoms with Gasteiger partial charge in [0.25, 0.3) is 0 Å². The molecule has 0 aliphatic carbocycles. The van der Waals surface area contributed by atoms with E-state index >= 15 is 0 Å². The maximum Gasteiger partial charge on any atom is 0.227 e. The van der Waals surface area contributed by atoms with Crippen molar-refractivity contribution in [1.29, 1.82) is 0 Å². The van der Waals surface area contributed by atoms with Gasteiger partial charge in [-0.1, -0.05) is 0 Å². The third-order valence-electron chi connectivity index (χ3n) is 1.86. The molecule has 6 heteroatoms. The van der Waals surface area contributed by atoms with Crippen molar-refractivity contribution < 1.29 is 14.3 Å². The summed E-state index contributed by atoms with van der Waals surface area (Å²) < 4.78 is 10.2. The van der Waals surface area contributed by atoms with Crippen LogP contribution in [0, 0.1) is 0 Å². The molecule has 0 aliphatic rings. The smallest absolute Gasteiger partial charge is 0.227 e. The summed E-state index contributed by atoms with van der Waals surface area (Å²) in [5, 5.41) is 8.75. The maximum absolute atomic E-state index is 11.5. The minimum absolute atomic E-state index is 0.130. The van der Waals surface area contributed by atoms with E-state index in [4.69, 9.17) is 14.3 Å². The number of thiazole rings is 1. The molecule has 0 atom stereocenters. The number of hydrogen-bond acceptors (Lipinski definition) is 6. The quantitative estimate of drug-likeness (QED) is 0.867. The van der Waals surface area contributed by atoms with Crippen LogP contribution in [0.4, 0.5) is 0 Å². The lowest BCUT2D eigenvalue weighted by atomic mass is 10.4. The number of ether oxygens (including phenoxy) is 1. The van der Waals surface area contributed by atoms with E-state index in [1.54, 1.807) is 11.7 Å². The largest absolute Gasteiger partial charge is 0.481 e. The van der Waals surface area contributed by atoms with Crippen LogP contribution in [-0.4, -0.2) is 10.1 Å². The lowest BCUT2D eigenvalue weighted by Crippen LogP contribution is -2.07. The molecule has 0 aliphatic heterocycles. The fraction of sp³-hybridized carbons (Fsp3) is 0.200. The molecule has 2 heterocycles. The Labute approximate surface area is 95.0 Å². The predicted molar refractivity (Wildman–Crippen MR) is 57.3 cm³/mol. The molecular formula is C10H9NO4S. The second-order valence-electron chi connectivity index (χ2n) is 2.99.